The van der Waals surface area contributed by atoms with Crippen LogP contribution in [0.3, 0.4) is 0 Å². The Labute approximate surface area is 138 Å². The number of amides is 2. The first kappa shape index (κ1) is 17.7. The molecule has 1 atom stereocenters. The minimum Gasteiger partial charge on any atom is -0.334 e. The molecule has 1 saturated heterocycles. The second-order valence-electron chi connectivity index (χ2n) is 5.88. The Hall–Kier alpha value is -1.60. The van der Waals surface area contributed by atoms with Gasteiger partial charge in [0, 0.05) is 19.6 Å². The number of likely N-dealkylation sites (tertiary alicyclic amines) is 1. The Morgan fingerprint density at radius 3 is 2.87 bits per heavy atom. The van der Waals surface area contributed by atoms with Gasteiger partial charge in [-0.05, 0) is 43.5 Å². The SMILES string of the molecule is CCC1CCCN(C(=O)NCc2cccc(S(=O)(=O)NC)c2)C1. The molecule has 1 fully saturated rings. The highest BCUT2D eigenvalue weighted by atomic mass is 32.2. The van der Waals surface area contributed by atoms with Gasteiger partial charge in [-0.25, -0.2) is 17.9 Å². The molecule has 2 N–H and O–H groups in total. The zero-order chi connectivity index (χ0) is 16.9. The fourth-order valence-electron chi connectivity index (χ4n) is 2.81. The van der Waals surface area contributed by atoms with Gasteiger partial charge in [0.15, 0.2) is 0 Å². The number of piperidine rings is 1. The van der Waals surface area contributed by atoms with E-state index in [9.17, 15) is 13.2 Å². The Balaban J connectivity index is 1.95. The third-order valence-electron chi connectivity index (χ3n) is 4.30. The second-order valence-corrected chi connectivity index (χ2v) is 7.76. The van der Waals surface area contributed by atoms with Gasteiger partial charge >= 0.3 is 6.03 Å². The average Bonchev–Trinajstić information content (AvgIpc) is 2.60. The minimum absolute atomic E-state index is 0.0787. The molecule has 6 nitrogen and oxygen atoms in total. The fraction of sp³-hybridized carbons (Fsp3) is 0.562. The molecule has 7 heteroatoms. The zero-order valence-corrected chi connectivity index (χ0v) is 14.5. The van der Waals surface area contributed by atoms with Crippen molar-refractivity contribution >= 4 is 16.1 Å². The lowest BCUT2D eigenvalue weighted by molar-refractivity contribution is 0.163. The predicted octanol–water partition coefficient (Wildman–Crippen LogP) is 1.93. The number of rotatable bonds is 5. The van der Waals surface area contributed by atoms with Crippen LogP contribution in [0.15, 0.2) is 29.2 Å². The highest BCUT2D eigenvalue weighted by Crippen LogP contribution is 2.19. The number of hydrogen-bond donors (Lipinski definition) is 2. The molecule has 1 aliphatic rings. The molecule has 0 bridgehead atoms. The molecule has 1 aliphatic heterocycles. The summed E-state index contributed by atoms with van der Waals surface area (Å²) in [5.74, 6) is 0.582. The third-order valence-corrected chi connectivity index (χ3v) is 5.72. The molecule has 23 heavy (non-hydrogen) atoms. The van der Waals surface area contributed by atoms with Crippen molar-refractivity contribution in [3.8, 4) is 0 Å². The lowest BCUT2D eigenvalue weighted by Crippen LogP contribution is -2.45. The van der Waals surface area contributed by atoms with Gasteiger partial charge in [0.25, 0.3) is 0 Å². The standard InChI is InChI=1S/C16H25N3O3S/c1-3-13-7-5-9-19(12-13)16(20)18-11-14-6-4-8-15(10-14)23(21,22)17-2/h4,6,8,10,13,17H,3,5,7,9,11-12H2,1-2H3,(H,18,20). The first-order chi connectivity index (χ1) is 11.0. The van der Waals surface area contributed by atoms with Gasteiger partial charge in [-0.3, -0.25) is 0 Å². The first-order valence-electron chi connectivity index (χ1n) is 8.01. The van der Waals surface area contributed by atoms with Gasteiger partial charge in [-0.1, -0.05) is 25.5 Å². The summed E-state index contributed by atoms with van der Waals surface area (Å²) in [6, 6.07) is 6.52. The van der Waals surface area contributed by atoms with Crippen LogP contribution in [0.1, 0.15) is 31.7 Å². The summed E-state index contributed by atoms with van der Waals surface area (Å²) in [6.45, 7) is 4.06. The fourth-order valence-corrected chi connectivity index (χ4v) is 3.61. The highest BCUT2D eigenvalue weighted by Gasteiger charge is 2.22. The molecular formula is C16H25N3O3S. The maximum Gasteiger partial charge on any atom is 0.317 e. The van der Waals surface area contributed by atoms with E-state index >= 15 is 0 Å². The maximum absolute atomic E-state index is 12.3. The van der Waals surface area contributed by atoms with E-state index in [0.29, 0.717) is 12.5 Å². The molecule has 1 unspecified atom stereocenters. The predicted molar refractivity (Wildman–Crippen MR) is 89.5 cm³/mol. The van der Waals surface area contributed by atoms with Gasteiger partial charge in [0.05, 0.1) is 4.90 Å². The van der Waals surface area contributed by atoms with E-state index in [2.05, 4.69) is 17.0 Å². The number of nitrogens with zero attached hydrogens (tertiary/aromatic N) is 1. The molecule has 2 rings (SSSR count). The number of nitrogens with one attached hydrogen (secondary N) is 2. The van der Waals surface area contributed by atoms with Crippen LogP contribution < -0.4 is 10.0 Å². The van der Waals surface area contributed by atoms with E-state index in [4.69, 9.17) is 0 Å². The summed E-state index contributed by atoms with van der Waals surface area (Å²) < 4.78 is 25.9. The van der Waals surface area contributed by atoms with Crippen molar-refractivity contribution in [2.45, 2.75) is 37.6 Å². The molecule has 0 aromatic heterocycles. The van der Waals surface area contributed by atoms with Crippen LogP contribution in [0.4, 0.5) is 4.79 Å². The second kappa shape index (κ2) is 7.79. The van der Waals surface area contributed by atoms with Crippen molar-refractivity contribution < 1.29 is 13.2 Å². The van der Waals surface area contributed by atoms with E-state index in [-0.39, 0.29) is 10.9 Å². The topological polar surface area (TPSA) is 78.5 Å². The maximum atomic E-state index is 12.3. The minimum atomic E-state index is -3.46. The van der Waals surface area contributed by atoms with Gasteiger partial charge in [0.1, 0.15) is 0 Å². The van der Waals surface area contributed by atoms with Crippen LogP contribution in [0, 0.1) is 5.92 Å². The summed E-state index contributed by atoms with van der Waals surface area (Å²) in [6.07, 6.45) is 3.32. The lowest BCUT2D eigenvalue weighted by Gasteiger charge is -2.32. The molecule has 0 spiro atoms. The van der Waals surface area contributed by atoms with E-state index in [0.717, 1.165) is 31.5 Å². The van der Waals surface area contributed by atoms with E-state index in [1.807, 2.05) is 4.90 Å². The number of carbonyl (C=O) groups is 1. The summed E-state index contributed by atoms with van der Waals surface area (Å²) in [7, 11) is -2.08. The largest absolute Gasteiger partial charge is 0.334 e. The first-order valence-corrected chi connectivity index (χ1v) is 9.50. The molecule has 0 aliphatic carbocycles. The van der Waals surface area contributed by atoms with E-state index < -0.39 is 10.0 Å². The monoisotopic (exact) mass is 339 g/mol. The Morgan fingerprint density at radius 2 is 2.17 bits per heavy atom. The van der Waals surface area contributed by atoms with Crippen LogP contribution in [0.5, 0.6) is 0 Å². The zero-order valence-electron chi connectivity index (χ0n) is 13.7. The van der Waals surface area contributed by atoms with Gasteiger partial charge < -0.3 is 10.2 Å². The van der Waals surface area contributed by atoms with Crippen LogP contribution in [-0.2, 0) is 16.6 Å². The molecular weight excluding hydrogens is 314 g/mol. The highest BCUT2D eigenvalue weighted by molar-refractivity contribution is 7.89. The summed E-state index contributed by atoms with van der Waals surface area (Å²) >= 11 is 0. The van der Waals surface area contributed by atoms with Crippen molar-refractivity contribution in [1.82, 2.24) is 14.9 Å². The molecule has 0 saturated carbocycles. The summed E-state index contributed by atoms with van der Waals surface area (Å²) in [4.78, 5) is 14.3. The van der Waals surface area contributed by atoms with Crippen molar-refractivity contribution in [2.24, 2.45) is 5.92 Å². The van der Waals surface area contributed by atoms with Crippen molar-refractivity contribution in [2.75, 3.05) is 20.1 Å². The Kier molecular flexibility index (Phi) is 6.01. The molecule has 1 heterocycles. The van der Waals surface area contributed by atoms with Crippen LogP contribution >= 0.6 is 0 Å². The summed E-state index contributed by atoms with van der Waals surface area (Å²) in [5, 5.41) is 2.88. The number of sulfonamides is 1. The van der Waals surface area contributed by atoms with Gasteiger partial charge in [-0.15, -0.1) is 0 Å². The van der Waals surface area contributed by atoms with E-state index in [1.165, 1.54) is 19.5 Å². The smallest absolute Gasteiger partial charge is 0.317 e. The van der Waals surface area contributed by atoms with Gasteiger partial charge in [0.2, 0.25) is 10.0 Å². The molecule has 1 aromatic carbocycles. The van der Waals surface area contributed by atoms with Crippen LogP contribution in [0.25, 0.3) is 0 Å². The van der Waals surface area contributed by atoms with Crippen LogP contribution in [0.2, 0.25) is 0 Å². The quantitative estimate of drug-likeness (QED) is 0.860. The Bertz CT molecular complexity index is 646. The number of urea groups is 1. The lowest BCUT2D eigenvalue weighted by atomic mass is 9.96. The van der Waals surface area contributed by atoms with E-state index in [1.54, 1.807) is 18.2 Å². The third kappa shape index (κ3) is 4.68. The molecule has 128 valence electrons. The number of hydrogen-bond acceptors (Lipinski definition) is 3. The van der Waals surface area contributed by atoms with Gasteiger partial charge in [-0.2, -0.15) is 0 Å². The Morgan fingerprint density at radius 1 is 1.39 bits per heavy atom. The molecule has 0 radical (unpaired) electrons. The number of benzene rings is 1. The normalized spacial score (nSPS) is 18.7. The molecule has 2 amide bonds. The molecule has 1 aromatic rings. The van der Waals surface area contributed by atoms with Crippen LogP contribution in [-0.4, -0.2) is 39.5 Å². The number of carbonyl (C=O) groups excluding carboxylic acids is 1. The van der Waals surface area contributed by atoms with Crippen molar-refractivity contribution in [3.63, 3.8) is 0 Å². The van der Waals surface area contributed by atoms with Crippen molar-refractivity contribution in [3.05, 3.63) is 29.8 Å². The summed E-state index contributed by atoms with van der Waals surface area (Å²) in [5.41, 5.74) is 0.763. The van der Waals surface area contributed by atoms with Crippen molar-refractivity contribution in [1.29, 1.82) is 0 Å². The average molecular weight is 339 g/mol.